The summed E-state index contributed by atoms with van der Waals surface area (Å²) in [7, 11) is 0. The lowest BCUT2D eigenvalue weighted by Crippen LogP contribution is -2.47. The predicted molar refractivity (Wildman–Crippen MR) is 61.4 cm³/mol. The van der Waals surface area contributed by atoms with Crippen LogP contribution in [0.25, 0.3) is 0 Å². The van der Waals surface area contributed by atoms with Crippen molar-refractivity contribution in [3.63, 3.8) is 0 Å². The molecular formula is C10H19N5. The summed E-state index contributed by atoms with van der Waals surface area (Å²) in [6.45, 7) is 7.76. The maximum atomic E-state index is 5.59. The molecule has 1 saturated heterocycles. The van der Waals surface area contributed by atoms with Crippen LogP contribution >= 0.6 is 0 Å². The second kappa shape index (κ2) is 4.63. The fraction of sp³-hybridized carbons (Fsp3) is 0.700. The number of nitrogens with one attached hydrogen (secondary N) is 1. The Balaban J connectivity index is 1.88. The van der Waals surface area contributed by atoms with Crippen LogP contribution in [0.3, 0.4) is 0 Å². The number of piperazine rings is 1. The molecule has 0 aromatic rings. The molecule has 0 aromatic heterocycles. The summed E-state index contributed by atoms with van der Waals surface area (Å²) in [4.78, 5) is 8.94. The van der Waals surface area contributed by atoms with Crippen molar-refractivity contribution >= 4 is 6.21 Å². The Hall–Kier alpha value is -1.07. The lowest BCUT2D eigenvalue weighted by Gasteiger charge is -2.36. The van der Waals surface area contributed by atoms with E-state index in [0.29, 0.717) is 0 Å². The molecule has 84 valence electrons. The minimum absolute atomic E-state index is 0.273. The normalized spacial score (nSPS) is 27.5. The van der Waals surface area contributed by atoms with Gasteiger partial charge in [-0.2, -0.15) is 0 Å². The van der Waals surface area contributed by atoms with Crippen LogP contribution < -0.4 is 11.1 Å². The second-order valence-corrected chi connectivity index (χ2v) is 3.88. The first-order valence-electron chi connectivity index (χ1n) is 5.52. The van der Waals surface area contributed by atoms with Crippen LogP contribution in [0.5, 0.6) is 0 Å². The van der Waals surface area contributed by atoms with Gasteiger partial charge in [-0.1, -0.05) is 6.92 Å². The smallest absolute Gasteiger partial charge is 0.170 e. The molecule has 2 aliphatic rings. The molecule has 0 aromatic carbocycles. The van der Waals surface area contributed by atoms with Crippen molar-refractivity contribution in [1.82, 2.24) is 15.1 Å². The van der Waals surface area contributed by atoms with Gasteiger partial charge in [-0.15, -0.1) is 0 Å². The van der Waals surface area contributed by atoms with Gasteiger partial charge in [0.05, 0.1) is 11.9 Å². The molecule has 2 heterocycles. The van der Waals surface area contributed by atoms with Crippen molar-refractivity contribution in [3.05, 3.63) is 11.9 Å². The summed E-state index contributed by atoms with van der Waals surface area (Å²) in [5.41, 5.74) is 6.74. The summed E-state index contributed by atoms with van der Waals surface area (Å²) in [5, 5.41) is 3.02. The molecule has 5 heteroatoms. The summed E-state index contributed by atoms with van der Waals surface area (Å²) in [6.07, 6.45) is 3.55. The van der Waals surface area contributed by atoms with E-state index in [-0.39, 0.29) is 6.29 Å². The van der Waals surface area contributed by atoms with E-state index in [1.807, 2.05) is 12.4 Å². The topological polar surface area (TPSA) is 56.9 Å². The summed E-state index contributed by atoms with van der Waals surface area (Å²) < 4.78 is 0. The molecule has 1 unspecified atom stereocenters. The Morgan fingerprint density at radius 1 is 1.47 bits per heavy atom. The summed E-state index contributed by atoms with van der Waals surface area (Å²) >= 11 is 0. The molecule has 0 radical (unpaired) electrons. The molecule has 0 bridgehead atoms. The predicted octanol–water partition coefficient (Wildman–Crippen LogP) is -0.618. The number of likely N-dealkylation sites (N-methyl/N-ethyl adjacent to an activating group) is 1. The fourth-order valence-electron chi connectivity index (χ4n) is 1.90. The van der Waals surface area contributed by atoms with E-state index in [9.17, 15) is 0 Å². The second-order valence-electron chi connectivity index (χ2n) is 3.88. The van der Waals surface area contributed by atoms with Crippen molar-refractivity contribution in [2.75, 3.05) is 32.7 Å². The number of allylic oxidation sites excluding steroid dienone is 1. The van der Waals surface area contributed by atoms with Crippen molar-refractivity contribution in [2.24, 2.45) is 10.7 Å². The van der Waals surface area contributed by atoms with Crippen LogP contribution in [0, 0.1) is 0 Å². The van der Waals surface area contributed by atoms with Crippen molar-refractivity contribution in [1.29, 1.82) is 0 Å². The van der Waals surface area contributed by atoms with Gasteiger partial charge in [-0.25, -0.2) is 0 Å². The summed E-state index contributed by atoms with van der Waals surface area (Å²) in [6, 6.07) is 0. The highest BCUT2D eigenvalue weighted by molar-refractivity contribution is 5.78. The lowest BCUT2D eigenvalue weighted by atomic mass is 10.3. The Morgan fingerprint density at radius 2 is 2.20 bits per heavy atom. The Labute approximate surface area is 90.6 Å². The Bertz CT molecular complexity index is 265. The van der Waals surface area contributed by atoms with Crippen molar-refractivity contribution < 1.29 is 0 Å². The van der Waals surface area contributed by atoms with Crippen LogP contribution in [0.4, 0.5) is 0 Å². The molecule has 5 nitrogen and oxygen atoms in total. The minimum atomic E-state index is -0.273. The maximum absolute atomic E-state index is 5.59. The molecule has 2 rings (SSSR count). The van der Waals surface area contributed by atoms with Crippen LogP contribution in [0.2, 0.25) is 0 Å². The zero-order chi connectivity index (χ0) is 10.7. The van der Waals surface area contributed by atoms with E-state index in [1.165, 1.54) is 0 Å². The first-order valence-corrected chi connectivity index (χ1v) is 5.52. The van der Waals surface area contributed by atoms with E-state index < -0.39 is 0 Å². The molecule has 15 heavy (non-hydrogen) atoms. The van der Waals surface area contributed by atoms with Crippen LogP contribution in [0.15, 0.2) is 16.9 Å². The van der Waals surface area contributed by atoms with Gasteiger partial charge in [0.25, 0.3) is 0 Å². The summed E-state index contributed by atoms with van der Waals surface area (Å²) in [5.74, 6) is 0. The Morgan fingerprint density at radius 3 is 2.73 bits per heavy atom. The van der Waals surface area contributed by atoms with Crippen molar-refractivity contribution in [2.45, 2.75) is 13.2 Å². The molecule has 0 saturated carbocycles. The number of nitrogens with two attached hydrogens (primary N) is 1. The molecule has 3 N–H and O–H groups in total. The van der Waals surface area contributed by atoms with E-state index in [0.717, 1.165) is 38.4 Å². The lowest BCUT2D eigenvalue weighted by molar-refractivity contribution is 0.170. The molecule has 1 atom stereocenters. The van der Waals surface area contributed by atoms with Crippen LogP contribution in [0.1, 0.15) is 6.92 Å². The van der Waals surface area contributed by atoms with Gasteiger partial charge < -0.3 is 15.1 Å². The zero-order valence-corrected chi connectivity index (χ0v) is 9.19. The number of aliphatic imine (C=N–C) groups is 1. The number of hydrogen-bond donors (Lipinski definition) is 2. The van der Waals surface area contributed by atoms with Gasteiger partial charge in [0.1, 0.15) is 0 Å². The van der Waals surface area contributed by atoms with E-state index in [1.54, 1.807) is 0 Å². The maximum Gasteiger partial charge on any atom is 0.170 e. The third-order valence-electron chi connectivity index (χ3n) is 2.95. The van der Waals surface area contributed by atoms with E-state index in [4.69, 9.17) is 5.73 Å². The highest BCUT2D eigenvalue weighted by Gasteiger charge is 2.17. The van der Waals surface area contributed by atoms with Gasteiger partial charge in [0.2, 0.25) is 0 Å². The van der Waals surface area contributed by atoms with Gasteiger partial charge >= 0.3 is 0 Å². The number of rotatable bonds is 2. The quantitative estimate of drug-likeness (QED) is 0.636. The SMILES string of the molecule is CCN1CCN(C2=CNC(N)N=C2)CC1. The van der Waals surface area contributed by atoms with E-state index in [2.05, 4.69) is 27.0 Å². The van der Waals surface area contributed by atoms with Crippen LogP contribution in [-0.2, 0) is 0 Å². The molecule has 2 aliphatic heterocycles. The van der Waals surface area contributed by atoms with Crippen molar-refractivity contribution in [3.8, 4) is 0 Å². The fourth-order valence-corrected chi connectivity index (χ4v) is 1.90. The molecule has 0 spiro atoms. The average Bonchev–Trinajstić information content (AvgIpc) is 2.30. The first kappa shape index (κ1) is 10.4. The number of nitrogens with zero attached hydrogens (tertiary/aromatic N) is 3. The van der Waals surface area contributed by atoms with E-state index >= 15 is 0 Å². The van der Waals surface area contributed by atoms with Gasteiger partial charge in [-0.3, -0.25) is 10.7 Å². The third-order valence-corrected chi connectivity index (χ3v) is 2.95. The Kier molecular flexibility index (Phi) is 3.23. The van der Waals surface area contributed by atoms with Gasteiger partial charge in [-0.05, 0) is 6.54 Å². The molecular weight excluding hydrogens is 190 g/mol. The highest BCUT2D eigenvalue weighted by Crippen LogP contribution is 2.09. The average molecular weight is 209 g/mol. The molecule has 1 fully saturated rings. The largest absolute Gasteiger partial charge is 0.367 e. The molecule has 0 aliphatic carbocycles. The third kappa shape index (κ3) is 2.49. The first-order chi connectivity index (χ1) is 7.29. The number of hydrogen-bond acceptors (Lipinski definition) is 5. The zero-order valence-electron chi connectivity index (χ0n) is 9.19. The monoisotopic (exact) mass is 209 g/mol. The van der Waals surface area contributed by atoms with Gasteiger partial charge in [0, 0.05) is 32.4 Å². The molecule has 0 amide bonds. The van der Waals surface area contributed by atoms with Gasteiger partial charge in [0.15, 0.2) is 6.29 Å². The standard InChI is InChI=1S/C10H19N5/c1-2-14-3-5-15(6-4-14)9-7-12-10(11)13-8-9/h7-8,10,12H,2-6,11H2,1H3. The minimum Gasteiger partial charge on any atom is -0.367 e. The highest BCUT2D eigenvalue weighted by atomic mass is 15.3. The van der Waals surface area contributed by atoms with Crippen LogP contribution in [-0.4, -0.2) is 55.0 Å².